The Morgan fingerprint density at radius 1 is 0.521 bits per heavy atom. The molecule has 0 spiro atoms. The molecule has 0 saturated heterocycles. The van der Waals surface area contributed by atoms with Crippen LogP contribution in [0.5, 0.6) is 0 Å². The minimum Gasteiger partial charge on any atom is -0.381 e. The summed E-state index contributed by atoms with van der Waals surface area (Å²) in [7, 11) is 10.2. The third-order valence-electron chi connectivity index (χ3n) is 7.29. The molecule has 0 radical (unpaired) electrons. The van der Waals surface area contributed by atoms with E-state index in [0.29, 0.717) is 35.6 Å². The van der Waals surface area contributed by atoms with Crippen LogP contribution in [0.3, 0.4) is 0 Å². The van der Waals surface area contributed by atoms with Crippen molar-refractivity contribution in [1.82, 2.24) is 50.7 Å². The van der Waals surface area contributed by atoms with Gasteiger partial charge in [0.15, 0.2) is 0 Å². The van der Waals surface area contributed by atoms with Crippen molar-refractivity contribution in [2.24, 2.45) is 0 Å². The van der Waals surface area contributed by atoms with Gasteiger partial charge in [-0.2, -0.15) is 0 Å². The van der Waals surface area contributed by atoms with Crippen molar-refractivity contribution in [2.75, 3.05) is 114 Å². The SMILES string of the molecule is C=C(CN(C)C(=O)CN(C)C(=C)CNCC)NCC(=O)N(C)CC(=C)N(C)CC(=O)NCC(=C)N(C)CC(=O)N(C)CC(=C)NCC=O. The fourth-order valence-electron chi connectivity index (χ4n) is 3.86. The number of hydrogen-bond acceptors (Lipinski definition) is 11. The van der Waals surface area contributed by atoms with Crippen LogP contribution < -0.4 is 21.3 Å². The van der Waals surface area contributed by atoms with Gasteiger partial charge < -0.3 is 55.5 Å². The summed E-state index contributed by atoms with van der Waals surface area (Å²) in [6.45, 7) is 24.2. The molecule has 4 N–H and O–H groups in total. The predicted octanol–water partition coefficient (Wildman–Crippen LogP) is -1.17. The second kappa shape index (κ2) is 22.7. The molecule has 0 bridgehead atoms. The summed E-state index contributed by atoms with van der Waals surface area (Å²) in [6, 6.07) is 0. The van der Waals surface area contributed by atoms with Crippen molar-refractivity contribution < 1.29 is 24.0 Å². The largest absolute Gasteiger partial charge is 0.381 e. The van der Waals surface area contributed by atoms with E-state index in [1.54, 1.807) is 49.9 Å². The Balaban J connectivity index is 4.55. The molecule has 0 heterocycles. The Kier molecular flexibility index (Phi) is 20.4. The molecule has 0 atom stereocenters. The molecule has 270 valence electrons. The predicted molar refractivity (Wildman–Crippen MR) is 190 cm³/mol. The van der Waals surface area contributed by atoms with Gasteiger partial charge in [-0.05, 0) is 6.54 Å². The van der Waals surface area contributed by atoms with E-state index in [9.17, 15) is 24.0 Å². The van der Waals surface area contributed by atoms with Crippen molar-refractivity contribution in [1.29, 1.82) is 0 Å². The fourth-order valence-corrected chi connectivity index (χ4v) is 3.86. The zero-order valence-electron chi connectivity index (χ0n) is 30.1. The van der Waals surface area contributed by atoms with Gasteiger partial charge in [-0.25, -0.2) is 0 Å². The standard InChI is InChI=1S/C33H58N10O5/c1-13-34-16-27(4)39(8)23-32(47)42(11)20-26(3)36-18-31(46)43(12)21-29(6)38(7)22-30(45)37-17-28(5)40(9)24-33(48)41(10)19-25(2)35-14-15-44/h15,34-36H,2-6,13-14,16-24H2,1,7-12H3,(H,37,45). The molecular weight excluding hydrogens is 616 g/mol. The van der Waals surface area contributed by atoms with E-state index < -0.39 is 0 Å². The van der Waals surface area contributed by atoms with E-state index in [2.05, 4.69) is 54.2 Å². The molecule has 15 nitrogen and oxygen atoms in total. The molecule has 0 aliphatic heterocycles. The van der Waals surface area contributed by atoms with Crippen molar-refractivity contribution in [2.45, 2.75) is 6.92 Å². The van der Waals surface area contributed by atoms with Gasteiger partial charge >= 0.3 is 0 Å². The lowest BCUT2D eigenvalue weighted by Crippen LogP contribution is -2.43. The number of rotatable bonds is 26. The Bertz CT molecular complexity index is 1190. The van der Waals surface area contributed by atoms with E-state index in [1.807, 2.05) is 14.0 Å². The first kappa shape index (κ1) is 43.2. The normalized spacial score (nSPS) is 10.1. The highest BCUT2D eigenvalue weighted by molar-refractivity contribution is 5.80. The number of hydrogen-bond donors (Lipinski definition) is 4. The highest BCUT2D eigenvalue weighted by atomic mass is 16.2. The van der Waals surface area contributed by atoms with Crippen LogP contribution in [0.15, 0.2) is 61.4 Å². The topological polar surface area (TPSA) is 153 Å². The molecular formula is C33H58N10O5. The minimum absolute atomic E-state index is 0.00248. The third-order valence-corrected chi connectivity index (χ3v) is 7.29. The number of amides is 4. The lowest BCUT2D eigenvalue weighted by atomic mass is 10.3. The van der Waals surface area contributed by atoms with Crippen molar-refractivity contribution >= 4 is 29.9 Å². The van der Waals surface area contributed by atoms with Crippen molar-refractivity contribution in [3.8, 4) is 0 Å². The van der Waals surface area contributed by atoms with Crippen LogP contribution in [0.1, 0.15) is 6.92 Å². The van der Waals surface area contributed by atoms with Gasteiger partial charge in [0.05, 0.1) is 58.9 Å². The Labute approximate surface area is 287 Å². The first-order valence-electron chi connectivity index (χ1n) is 15.6. The Morgan fingerprint density at radius 3 is 1.48 bits per heavy atom. The van der Waals surface area contributed by atoms with Crippen LogP contribution in [0, 0.1) is 0 Å². The molecule has 0 rings (SSSR count). The Hall–Kier alpha value is -4.79. The summed E-state index contributed by atoms with van der Waals surface area (Å²) in [5.41, 5.74) is 2.97. The lowest BCUT2D eigenvalue weighted by molar-refractivity contribution is -0.130. The molecule has 4 amide bonds. The summed E-state index contributed by atoms with van der Waals surface area (Å²) in [5.74, 6) is -0.793. The smallest absolute Gasteiger partial charge is 0.242 e. The maximum atomic E-state index is 12.7. The molecule has 0 unspecified atom stereocenters. The zero-order chi connectivity index (χ0) is 37.0. The maximum Gasteiger partial charge on any atom is 0.242 e. The second-order valence-electron chi connectivity index (χ2n) is 11.7. The average molecular weight is 675 g/mol. The molecule has 0 aromatic heterocycles. The fraction of sp³-hybridized carbons (Fsp3) is 0.545. The first-order chi connectivity index (χ1) is 22.4. The number of nitrogens with one attached hydrogen (secondary N) is 4. The van der Waals surface area contributed by atoms with Crippen LogP contribution >= 0.6 is 0 Å². The molecule has 15 heteroatoms. The molecule has 0 aliphatic rings. The van der Waals surface area contributed by atoms with Crippen LogP contribution in [0.25, 0.3) is 0 Å². The van der Waals surface area contributed by atoms with Gasteiger partial charge in [0.1, 0.15) is 6.29 Å². The number of carbonyl (C=O) groups is 5. The third kappa shape index (κ3) is 17.8. The molecule has 0 aliphatic carbocycles. The van der Waals surface area contributed by atoms with E-state index in [0.717, 1.165) is 12.2 Å². The van der Waals surface area contributed by atoms with E-state index in [4.69, 9.17) is 0 Å². The average Bonchev–Trinajstić information content (AvgIpc) is 3.03. The van der Waals surface area contributed by atoms with Gasteiger partial charge in [0.2, 0.25) is 23.6 Å². The summed E-state index contributed by atoms with van der Waals surface area (Å²) in [6.07, 6.45) is 0.713. The van der Waals surface area contributed by atoms with E-state index in [-0.39, 0.29) is 82.5 Å². The van der Waals surface area contributed by atoms with Crippen LogP contribution in [0.4, 0.5) is 0 Å². The van der Waals surface area contributed by atoms with Crippen LogP contribution in [0.2, 0.25) is 0 Å². The minimum atomic E-state index is -0.284. The summed E-state index contributed by atoms with van der Waals surface area (Å²) >= 11 is 0. The van der Waals surface area contributed by atoms with Crippen molar-refractivity contribution in [3.05, 3.63) is 61.4 Å². The molecule has 0 fully saturated rings. The number of likely N-dealkylation sites (N-methyl/N-ethyl adjacent to an activating group) is 7. The molecule has 0 aromatic carbocycles. The van der Waals surface area contributed by atoms with E-state index in [1.165, 1.54) is 14.7 Å². The van der Waals surface area contributed by atoms with Gasteiger partial charge in [-0.15, -0.1) is 0 Å². The van der Waals surface area contributed by atoms with Gasteiger partial charge in [0, 0.05) is 77.3 Å². The van der Waals surface area contributed by atoms with Gasteiger partial charge in [0.25, 0.3) is 0 Å². The Morgan fingerprint density at radius 2 is 0.979 bits per heavy atom. The van der Waals surface area contributed by atoms with Gasteiger partial charge in [-0.1, -0.05) is 39.8 Å². The van der Waals surface area contributed by atoms with Crippen LogP contribution in [-0.4, -0.2) is 174 Å². The monoisotopic (exact) mass is 674 g/mol. The van der Waals surface area contributed by atoms with Crippen molar-refractivity contribution in [3.63, 3.8) is 0 Å². The van der Waals surface area contributed by atoms with E-state index >= 15 is 0 Å². The second-order valence-corrected chi connectivity index (χ2v) is 11.7. The molecule has 48 heavy (non-hydrogen) atoms. The number of carbonyl (C=O) groups excluding carboxylic acids is 5. The highest BCUT2D eigenvalue weighted by Gasteiger charge is 2.18. The maximum absolute atomic E-state index is 12.7. The summed E-state index contributed by atoms with van der Waals surface area (Å²) in [5, 5.41) is 11.7. The lowest BCUT2D eigenvalue weighted by Gasteiger charge is -2.27. The quantitative estimate of drug-likeness (QED) is 0.0822. The summed E-state index contributed by atoms with van der Waals surface area (Å²) < 4.78 is 0. The zero-order valence-corrected chi connectivity index (χ0v) is 30.1. The number of aldehydes is 1. The number of nitrogens with zero attached hydrogens (tertiary/aromatic N) is 6. The molecule has 0 aromatic rings. The van der Waals surface area contributed by atoms with Gasteiger partial charge in [-0.3, -0.25) is 19.2 Å². The summed E-state index contributed by atoms with van der Waals surface area (Å²) in [4.78, 5) is 70.5. The first-order valence-corrected chi connectivity index (χ1v) is 15.6. The highest BCUT2D eigenvalue weighted by Crippen LogP contribution is 2.04. The molecule has 0 saturated carbocycles. The van der Waals surface area contributed by atoms with Crippen LogP contribution in [-0.2, 0) is 24.0 Å².